The average Bonchev–Trinajstić information content (AvgIpc) is 2.96. The zero-order valence-electron chi connectivity index (χ0n) is 11.2. The lowest BCUT2D eigenvalue weighted by Crippen LogP contribution is -2.40. The van der Waals surface area contributed by atoms with Crippen LogP contribution >= 0.6 is 12.4 Å². The average molecular weight is 334 g/mol. The minimum atomic E-state index is -1.22. The predicted molar refractivity (Wildman–Crippen MR) is 77.9 cm³/mol. The number of nitrogens with two attached hydrogens (primary N) is 2. The molecule has 0 aliphatic carbocycles. The van der Waals surface area contributed by atoms with Gasteiger partial charge in [-0.2, -0.15) is 4.98 Å². The van der Waals surface area contributed by atoms with Gasteiger partial charge in [0.1, 0.15) is 18.3 Å². The molecule has 1 fully saturated rings. The number of ether oxygens (including phenoxy) is 1. The summed E-state index contributed by atoms with van der Waals surface area (Å²) in [6.07, 6.45) is -2.71. The van der Waals surface area contributed by atoms with Crippen LogP contribution < -0.4 is 22.6 Å². The quantitative estimate of drug-likeness (QED) is 0.256. The number of aliphatic hydroxyl groups is 2. The van der Waals surface area contributed by atoms with Gasteiger partial charge in [-0.1, -0.05) is 0 Å². The fourth-order valence-electron chi connectivity index (χ4n) is 2.37. The van der Waals surface area contributed by atoms with E-state index < -0.39 is 30.1 Å². The largest absolute Gasteiger partial charge is 0.387 e. The third-order valence-corrected chi connectivity index (χ3v) is 3.38. The second-order valence-electron chi connectivity index (χ2n) is 4.73. The van der Waals surface area contributed by atoms with Gasteiger partial charge in [-0.3, -0.25) is 25.6 Å². The Morgan fingerprint density at radius 1 is 1.45 bits per heavy atom. The molecule has 1 saturated heterocycles. The lowest BCUT2D eigenvalue weighted by Gasteiger charge is -2.16. The Bertz CT molecular complexity index is 719. The van der Waals surface area contributed by atoms with Gasteiger partial charge in [0.2, 0.25) is 5.95 Å². The second-order valence-corrected chi connectivity index (χ2v) is 4.73. The molecule has 2 aromatic heterocycles. The molecule has 122 valence electrons. The minimum absolute atomic E-state index is 0. The molecular formula is C10H16ClN7O4. The maximum atomic E-state index is 11.7. The van der Waals surface area contributed by atoms with E-state index in [0.717, 1.165) is 0 Å². The van der Waals surface area contributed by atoms with Crippen LogP contribution in [0.5, 0.6) is 0 Å². The fourth-order valence-corrected chi connectivity index (χ4v) is 2.37. The molecule has 11 nitrogen and oxygen atoms in total. The number of hydrogen-bond acceptors (Lipinski definition) is 9. The van der Waals surface area contributed by atoms with Gasteiger partial charge in [-0.15, -0.1) is 12.4 Å². The van der Waals surface area contributed by atoms with E-state index in [9.17, 15) is 15.0 Å². The molecule has 0 radical (unpaired) electrons. The molecule has 3 heterocycles. The lowest BCUT2D eigenvalue weighted by molar-refractivity contribution is -0.0341. The normalized spacial score (nSPS) is 28.0. The number of nitrogens with one attached hydrogen (secondary N) is 2. The van der Waals surface area contributed by atoms with E-state index in [1.807, 2.05) is 0 Å². The van der Waals surface area contributed by atoms with E-state index in [1.165, 1.54) is 10.9 Å². The number of H-pyrrole nitrogens is 1. The number of fused-ring (bicyclic) bond motifs is 1. The van der Waals surface area contributed by atoms with Gasteiger partial charge in [0.25, 0.3) is 5.56 Å². The van der Waals surface area contributed by atoms with E-state index in [-0.39, 0.29) is 36.1 Å². The third-order valence-electron chi connectivity index (χ3n) is 3.38. The summed E-state index contributed by atoms with van der Waals surface area (Å²) in [6.45, 7) is 0.150. The van der Waals surface area contributed by atoms with Crippen molar-refractivity contribution in [1.82, 2.24) is 24.9 Å². The topological polar surface area (TPSA) is 177 Å². The lowest BCUT2D eigenvalue weighted by atomic mass is 10.1. The van der Waals surface area contributed by atoms with Crippen molar-refractivity contribution in [1.29, 1.82) is 0 Å². The smallest absolute Gasteiger partial charge is 0.280 e. The molecule has 4 atom stereocenters. The molecule has 2 aromatic rings. The number of hydrazine groups is 1. The van der Waals surface area contributed by atoms with Crippen LogP contribution in [0.1, 0.15) is 6.23 Å². The highest BCUT2D eigenvalue weighted by atomic mass is 35.5. The molecule has 12 heteroatoms. The van der Waals surface area contributed by atoms with Crippen LogP contribution in [0.15, 0.2) is 11.1 Å². The number of nitrogen functional groups attached to an aromatic ring is 1. The molecule has 1 aliphatic rings. The third kappa shape index (κ3) is 2.54. The standard InChI is InChI=1S/C10H15N7O4.ClH/c11-10-15-7-4(8(20)16-10)13-2-17(7)9-6(19)5(18)3(21-9)1-14-12;/h2-3,5-6,9,14,18-19H,1,12H2,(H3,11,15,16,20);1H/t3-,5-,6-,9-;/m1./s1. The highest BCUT2D eigenvalue weighted by Crippen LogP contribution is 2.30. The van der Waals surface area contributed by atoms with E-state index in [2.05, 4.69) is 20.4 Å². The number of rotatable bonds is 3. The van der Waals surface area contributed by atoms with E-state index in [4.69, 9.17) is 16.3 Å². The molecule has 22 heavy (non-hydrogen) atoms. The first-order valence-corrected chi connectivity index (χ1v) is 6.20. The number of aromatic nitrogens is 4. The van der Waals surface area contributed by atoms with Crippen molar-refractivity contribution in [3.63, 3.8) is 0 Å². The molecule has 1 aliphatic heterocycles. The van der Waals surface area contributed by atoms with Gasteiger partial charge >= 0.3 is 0 Å². The first kappa shape index (κ1) is 16.6. The monoisotopic (exact) mass is 333 g/mol. The Kier molecular flexibility index (Phi) is 4.65. The van der Waals surface area contributed by atoms with Crippen molar-refractivity contribution in [2.75, 3.05) is 12.3 Å². The van der Waals surface area contributed by atoms with E-state index in [1.54, 1.807) is 0 Å². The number of aromatic amines is 1. The molecule has 0 amide bonds. The minimum Gasteiger partial charge on any atom is -0.387 e. The molecule has 0 spiro atoms. The van der Waals surface area contributed by atoms with Gasteiger partial charge in [-0.05, 0) is 0 Å². The van der Waals surface area contributed by atoms with Gasteiger partial charge in [0.15, 0.2) is 17.4 Å². The number of imidazole rings is 1. The number of anilines is 1. The first-order valence-electron chi connectivity index (χ1n) is 6.20. The van der Waals surface area contributed by atoms with Crippen molar-refractivity contribution in [3.8, 4) is 0 Å². The van der Waals surface area contributed by atoms with Crippen molar-refractivity contribution < 1.29 is 14.9 Å². The highest BCUT2D eigenvalue weighted by Gasteiger charge is 2.44. The van der Waals surface area contributed by atoms with Gasteiger partial charge in [0, 0.05) is 6.54 Å². The van der Waals surface area contributed by atoms with Gasteiger partial charge in [0.05, 0.1) is 6.33 Å². The second kappa shape index (κ2) is 6.16. The summed E-state index contributed by atoms with van der Waals surface area (Å²) < 4.78 is 6.90. The summed E-state index contributed by atoms with van der Waals surface area (Å²) in [5.41, 5.74) is 7.60. The summed E-state index contributed by atoms with van der Waals surface area (Å²) in [5.74, 6) is 5.11. The summed E-state index contributed by atoms with van der Waals surface area (Å²) in [6, 6.07) is 0. The Labute approximate surface area is 129 Å². The van der Waals surface area contributed by atoms with Crippen molar-refractivity contribution in [3.05, 3.63) is 16.7 Å². The Balaban J connectivity index is 0.00000176. The van der Waals surface area contributed by atoms with Crippen LogP contribution in [0.4, 0.5) is 5.95 Å². The molecule has 3 rings (SSSR count). The van der Waals surface area contributed by atoms with Crippen LogP contribution in [-0.2, 0) is 4.74 Å². The first-order chi connectivity index (χ1) is 10.0. The molecular weight excluding hydrogens is 318 g/mol. The molecule has 0 bridgehead atoms. The zero-order chi connectivity index (χ0) is 15.1. The Hall–Kier alpha value is -1.76. The fraction of sp³-hybridized carbons (Fsp3) is 0.500. The summed E-state index contributed by atoms with van der Waals surface area (Å²) in [4.78, 5) is 21.9. The maximum Gasteiger partial charge on any atom is 0.280 e. The van der Waals surface area contributed by atoms with Gasteiger partial charge < -0.3 is 20.7 Å². The van der Waals surface area contributed by atoms with Crippen molar-refractivity contribution in [2.24, 2.45) is 5.84 Å². The Morgan fingerprint density at radius 2 is 2.18 bits per heavy atom. The summed E-state index contributed by atoms with van der Waals surface area (Å²) >= 11 is 0. The van der Waals surface area contributed by atoms with E-state index >= 15 is 0 Å². The highest BCUT2D eigenvalue weighted by molar-refractivity contribution is 5.85. The summed E-state index contributed by atoms with van der Waals surface area (Å²) in [5, 5.41) is 20.0. The molecule has 0 unspecified atom stereocenters. The predicted octanol–water partition coefficient (Wildman–Crippen LogP) is -2.79. The number of nitrogens with zero attached hydrogens (tertiary/aromatic N) is 3. The van der Waals surface area contributed by atoms with Crippen molar-refractivity contribution in [2.45, 2.75) is 24.5 Å². The zero-order valence-corrected chi connectivity index (χ0v) is 12.0. The Morgan fingerprint density at radius 3 is 2.86 bits per heavy atom. The maximum absolute atomic E-state index is 11.7. The molecule has 0 aromatic carbocycles. The van der Waals surface area contributed by atoms with Crippen LogP contribution in [0.2, 0.25) is 0 Å². The van der Waals surface area contributed by atoms with E-state index in [0.29, 0.717) is 0 Å². The molecule has 0 saturated carbocycles. The van der Waals surface area contributed by atoms with Crippen LogP contribution in [0, 0.1) is 0 Å². The van der Waals surface area contributed by atoms with Crippen LogP contribution in [0.3, 0.4) is 0 Å². The number of hydrogen-bond donors (Lipinski definition) is 6. The van der Waals surface area contributed by atoms with Crippen LogP contribution in [-0.4, -0.2) is 54.6 Å². The summed E-state index contributed by atoms with van der Waals surface area (Å²) in [7, 11) is 0. The number of halogens is 1. The SMILES string of the molecule is Cl.NNC[C@H]1O[C@@H](n2cnc3c(=O)[nH]c(N)nc32)[C@H](O)[C@@H]1O. The number of aliphatic hydroxyl groups excluding tert-OH is 2. The van der Waals surface area contributed by atoms with Gasteiger partial charge in [-0.25, -0.2) is 4.98 Å². The van der Waals surface area contributed by atoms with Crippen molar-refractivity contribution >= 4 is 29.5 Å². The van der Waals surface area contributed by atoms with Crippen LogP contribution in [0.25, 0.3) is 11.2 Å². The molecule has 8 N–H and O–H groups in total.